The van der Waals surface area contributed by atoms with Gasteiger partial charge in [0.2, 0.25) is 17.6 Å². The summed E-state index contributed by atoms with van der Waals surface area (Å²) in [4.78, 5) is 57.1. The molecule has 2 N–H and O–H groups in total. The van der Waals surface area contributed by atoms with E-state index in [1.54, 1.807) is 42.5 Å². The molecule has 3 aromatic carbocycles. The largest absolute Gasteiger partial charge is 0.502 e. The van der Waals surface area contributed by atoms with Gasteiger partial charge in [-0.05, 0) is 60.2 Å². The number of ether oxygens (including phenoxy) is 2. The Morgan fingerprint density at radius 1 is 0.894 bits per heavy atom. The SMILES string of the molecule is COc1cc(C=CC2C3=CCC4C(=O)N(O)C(=O)C4C3CC3C(=O)N(c4cccc(Cl)c4)C(=O)C23c2ccccc2)cc(OC)c1O. The van der Waals surface area contributed by atoms with Gasteiger partial charge < -0.3 is 14.6 Å². The predicted molar refractivity (Wildman–Crippen MR) is 171 cm³/mol. The highest BCUT2D eigenvalue weighted by atomic mass is 35.5. The minimum Gasteiger partial charge on any atom is -0.502 e. The number of rotatable bonds is 6. The average molecular weight is 655 g/mol. The topological polar surface area (TPSA) is 134 Å². The van der Waals surface area contributed by atoms with Gasteiger partial charge in [-0.3, -0.25) is 24.4 Å². The number of nitrogens with zero attached hydrogens (tertiary/aromatic N) is 2. The highest BCUT2D eigenvalue weighted by molar-refractivity contribution is 6.32. The number of hydroxylamine groups is 2. The van der Waals surface area contributed by atoms with Crippen molar-refractivity contribution in [2.75, 3.05) is 19.1 Å². The van der Waals surface area contributed by atoms with Gasteiger partial charge in [-0.15, -0.1) is 0 Å². The molecular formula is C36H31ClN2O8. The second-order valence-corrected chi connectivity index (χ2v) is 12.7. The summed E-state index contributed by atoms with van der Waals surface area (Å²) in [5.41, 5.74) is 0.858. The third-order valence-corrected chi connectivity index (χ3v) is 10.4. The van der Waals surface area contributed by atoms with E-state index in [4.69, 9.17) is 21.1 Å². The minimum absolute atomic E-state index is 0.113. The van der Waals surface area contributed by atoms with Gasteiger partial charge in [-0.25, -0.2) is 4.90 Å². The number of amides is 4. The van der Waals surface area contributed by atoms with Gasteiger partial charge in [0.25, 0.3) is 11.8 Å². The molecule has 2 aliphatic carbocycles. The summed E-state index contributed by atoms with van der Waals surface area (Å²) in [5, 5.41) is 21.4. The molecule has 1 saturated carbocycles. The Morgan fingerprint density at radius 2 is 1.60 bits per heavy atom. The molecule has 47 heavy (non-hydrogen) atoms. The van der Waals surface area contributed by atoms with E-state index >= 15 is 4.79 Å². The first-order chi connectivity index (χ1) is 22.6. The number of hydrogen-bond donors (Lipinski definition) is 2. The van der Waals surface area contributed by atoms with Crippen LogP contribution < -0.4 is 14.4 Å². The van der Waals surface area contributed by atoms with Crippen LogP contribution in [0.5, 0.6) is 17.2 Å². The van der Waals surface area contributed by atoms with Crippen LogP contribution in [0.3, 0.4) is 0 Å². The summed E-state index contributed by atoms with van der Waals surface area (Å²) >= 11 is 6.33. The summed E-state index contributed by atoms with van der Waals surface area (Å²) in [5.74, 6) is -5.98. The van der Waals surface area contributed by atoms with Crippen molar-refractivity contribution in [3.05, 3.63) is 101 Å². The molecule has 7 rings (SSSR count). The molecule has 0 aromatic heterocycles. The number of carbonyl (C=O) groups excluding carboxylic acids is 4. The number of benzene rings is 3. The Bertz CT molecular complexity index is 1870. The number of phenols is 1. The molecule has 3 fully saturated rings. The molecule has 4 amide bonds. The van der Waals surface area contributed by atoms with Gasteiger partial charge in [0, 0.05) is 10.9 Å². The molecule has 240 valence electrons. The van der Waals surface area contributed by atoms with Gasteiger partial charge >= 0.3 is 0 Å². The molecule has 6 atom stereocenters. The van der Waals surface area contributed by atoms with E-state index in [2.05, 4.69) is 0 Å². The number of phenolic OH excluding ortho intramolecular Hbond substituents is 1. The van der Waals surface area contributed by atoms with Crippen LogP contribution in [0.25, 0.3) is 6.08 Å². The van der Waals surface area contributed by atoms with Crippen LogP contribution >= 0.6 is 11.6 Å². The number of carbonyl (C=O) groups is 4. The summed E-state index contributed by atoms with van der Waals surface area (Å²) in [7, 11) is 2.84. The number of anilines is 1. The van der Waals surface area contributed by atoms with Gasteiger partial charge in [0.1, 0.15) is 0 Å². The van der Waals surface area contributed by atoms with Crippen molar-refractivity contribution in [2.45, 2.75) is 18.3 Å². The lowest BCUT2D eigenvalue weighted by Crippen LogP contribution is -2.54. The summed E-state index contributed by atoms with van der Waals surface area (Å²) in [6, 6.07) is 18.9. The number of allylic oxidation sites excluding steroid dienone is 3. The summed E-state index contributed by atoms with van der Waals surface area (Å²) in [6.07, 6.45) is 5.81. The molecule has 2 saturated heterocycles. The highest BCUT2D eigenvalue weighted by Gasteiger charge is 2.69. The standard InChI is InChI=1S/C36H31ClN2O8/c1-46-28-15-19(16-29(47-2)31(28)40)11-14-26-23-12-13-24-30(34(43)39(45)32(24)41)25(23)18-27-33(42)38(22-10-6-9-21(37)17-22)35(44)36(26,27)20-7-4-3-5-8-20/h3-12,14-17,24-27,30,40,45H,13,18H2,1-2H3. The molecule has 2 aliphatic heterocycles. The maximum atomic E-state index is 15.1. The fraction of sp³-hybridized carbons (Fsp3) is 0.278. The van der Waals surface area contributed by atoms with E-state index in [0.717, 1.165) is 5.57 Å². The number of halogens is 1. The van der Waals surface area contributed by atoms with Crippen molar-refractivity contribution in [1.82, 2.24) is 5.06 Å². The lowest BCUT2D eigenvalue weighted by Gasteiger charge is -2.49. The van der Waals surface area contributed by atoms with Gasteiger partial charge in [-0.2, -0.15) is 5.06 Å². The van der Waals surface area contributed by atoms with E-state index in [1.165, 1.54) is 19.1 Å². The molecule has 6 unspecified atom stereocenters. The first-order valence-corrected chi connectivity index (χ1v) is 15.6. The normalized spacial score (nSPS) is 28.3. The van der Waals surface area contributed by atoms with E-state index in [0.29, 0.717) is 21.8 Å². The first-order valence-electron chi connectivity index (χ1n) is 15.2. The van der Waals surface area contributed by atoms with Crippen LogP contribution in [0.1, 0.15) is 24.0 Å². The molecular weight excluding hydrogens is 624 g/mol. The molecule has 0 radical (unpaired) electrons. The van der Waals surface area contributed by atoms with Gasteiger partial charge in [-0.1, -0.05) is 71.8 Å². The highest BCUT2D eigenvalue weighted by Crippen LogP contribution is 2.62. The average Bonchev–Trinajstić information content (AvgIpc) is 3.45. The lowest BCUT2D eigenvalue weighted by molar-refractivity contribution is -0.173. The van der Waals surface area contributed by atoms with Crippen molar-refractivity contribution < 1.29 is 39.0 Å². The van der Waals surface area contributed by atoms with Crippen molar-refractivity contribution in [3.63, 3.8) is 0 Å². The second kappa shape index (κ2) is 11.4. The Hall–Kier alpha value is -4.93. The summed E-state index contributed by atoms with van der Waals surface area (Å²) < 4.78 is 10.7. The van der Waals surface area contributed by atoms with E-state index in [9.17, 15) is 24.7 Å². The van der Waals surface area contributed by atoms with E-state index in [-0.39, 0.29) is 35.2 Å². The number of aromatic hydroxyl groups is 1. The summed E-state index contributed by atoms with van der Waals surface area (Å²) in [6.45, 7) is 0. The molecule has 2 heterocycles. The number of imide groups is 2. The molecule has 4 aliphatic rings. The third kappa shape index (κ3) is 4.42. The van der Waals surface area contributed by atoms with Crippen molar-refractivity contribution >= 4 is 47.0 Å². The van der Waals surface area contributed by atoms with Gasteiger partial charge in [0.05, 0.1) is 43.1 Å². The monoisotopic (exact) mass is 654 g/mol. The maximum absolute atomic E-state index is 15.1. The molecule has 0 bridgehead atoms. The Kier molecular flexibility index (Phi) is 7.45. The zero-order valence-electron chi connectivity index (χ0n) is 25.5. The zero-order valence-corrected chi connectivity index (χ0v) is 26.3. The maximum Gasteiger partial charge on any atom is 0.257 e. The first kappa shape index (κ1) is 30.7. The Labute approximate surface area is 275 Å². The van der Waals surface area contributed by atoms with Crippen LogP contribution in [0, 0.1) is 29.6 Å². The number of methoxy groups -OCH3 is 2. The zero-order chi connectivity index (χ0) is 33.2. The van der Waals surface area contributed by atoms with Crippen LogP contribution in [0.2, 0.25) is 5.02 Å². The number of fused-ring (bicyclic) bond motifs is 4. The molecule has 0 spiro atoms. The lowest BCUT2D eigenvalue weighted by atomic mass is 9.50. The minimum atomic E-state index is -1.43. The Morgan fingerprint density at radius 3 is 2.26 bits per heavy atom. The quantitative estimate of drug-likeness (QED) is 0.212. The molecule has 11 heteroatoms. The Balaban J connectivity index is 1.47. The van der Waals surface area contributed by atoms with Crippen LogP contribution in [-0.4, -0.2) is 53.2 Å². The second-order valence-electron chi connectivity index (χ2n) is 12.3. The molecule has 3 aromatic rings. The predicted octanol–water partition coefficient (Wildman–Crippen LogP) is 5.16. The van der Waals surface area contributed by atoms with E-state index < -0.39 is 58.6 Å². The van der Waals surface area contributed by atoms with Gasteiger partial charge in [0.15, 0.2) is 11.5 Å². The van der Waals surface area contributed by atoms with Crippen LogP contribution in [-0.2, 0) is 24.6 Å². The van der Waals surface area contributed by atoms with Crippen molar-refractivity contribution in [2.24, 2.45) is 29.6 Å². The number of hydrogen-bond acceptors (Lipinski definition) is 8. The third-order valence-electron chi connectivity index (χ3n) is 10.2. The fourth-order valence-electron chi connectivity index (χ4n) is 8.19. The molecule has 10 nitrogen and oxygen atoms in total. The smallest absolute Gasteiger partial charge is 0.257 e. The van der Waals surface area contributed by atoms with E-state index in [1.807, 2.05) is 42.5 Å². The van der Waals surface area contributed by atoms with Crippen LogP contribution in [0.15, 0.2) is 84.5 Å². The fourth-order valence-corrected chi connectivity index (χ4v) is 8.38. The van der Waals surface area contributed by atoms with Crippen molar-refractivity contribution in [1.29, 1.82) is 0 Å². The van der Waals surface area contributed by atoms with Crippen molar-refractivity contribution in [3.8, 4) is 17.2 Å². The van der Waals surface area contributed by atoms with Crippen LogP contribution in [0.4, 0.5) is 5.69 Å².